The molecule has 0 bridgehead atoms. The van der Waals surface area contributed by atoms with Gasteiger partial charge in [-0.15, -0.1) is 0 Å². The van der Waals surface area contributed by atoms with Crippen molar-refractivity contribution in [2.24, 2.45) is 0 Å². The summed E-state index contributed by atoms with van der Waals surface area (Å²) < 4.78 is 12.3. The van der Waals surface area contributed by atoms with Gasteiger partial charge in [0.05, 0.1) is 18.0 Å². The minimum atomic E-state index is -0.347. The Hall–Kier alpha value is -3.08. The number of aryl methyl sites for hydroxylation is 1. The quantitative estimate of drug-likeness (QED) is 0.626. The van der Waals surface area contributed by atoms with E-state index in [9.17, 15) is 9.59 Å². The predicted molar refractivity (Wildman–Crippen MR) is 114 cm³/mol. The smallest absolute Gasteiger partial charge is 0.287 e. The Morgan fingerprint density at radius 3 is 2.57 bits per heavy atom. The number of amides is 1. The fourth-order valence-corrected chi connectivity index (χ4v) is 4.94. The zero-order valence-electron chi connectivity index (χ0n) is 17.3. The van der Waals surface area contributed by atoms with Gasteiger partial charge in [-0.25, -0.2) is 0 Å². The lowest BCUT2D eigenvalue weighted by atomic mass is 9.87. The van der Waals surface area contributed by atoms with E-state index in [1.54, 1.807) is 6.07 Å². The molecule has 5 nitrogen and oxygen atoms in total. The van der Waals surface area contributed by atoms with Crippen molar-refractivity contribution in [2.75, 3.05) is 0 Å². The number of furan rings is 1. The van der Waals surface area contributed by atoms with Crippen LogP contribution in [0.2, 0.25) is 0 Å². The highest BCUT2D eigenvalue weighted by molar-refractivity contribution is 6.13. The molecule has 0 radical (unpaired) electrons. The number of ketones is 1. The molecule has 1 atom stereocenters. The second-order valence-electron chi connectivity index (χ2n) is 8.57. The van der Waals surface area contributed by atoms with Gasteiger partial charge in [0, 0.05) is 10.9 Å². The van der Waals surface area contributed by atoms with Gasteiger partial charge in [-0.2, -0.15) is 0 Å². The topological polar surface area (TPSA) is 68.5 Å². The zero-order valence-corrected chi connectivity index (χ0v) is 17.3. The number of hydrogen-bond donors (Lipinski definition) is 1. The van der Waals surface area contributed by atoms with E-state index in [2.05, 4.69) is 5.32 Å². The summed E-state index contributed by atoms with van der Waals surface area (Å²) >= 11 is 0. The SMILES string of the molecule is Cc1c(C(=O)N[C@@H](C)c2ccccc2)oc2ccc3c(c12)C(=O)CC1(CCCC1)O3. The Morgan fingerprint density at radius 2 is 1.83 bits per heavy atom. The molecule has 1 fully saturated rings. The molecule has 1 aromatic heterocycles. The number of Topliss-reactive ketones (excluding diaryl/α,β-unsaturated/α-hetero) is 1. The van der Waals surface area contributed by atoms with E-state index in [0.29, 0.717) is 34.3 Å². The number of hydrogen-bond acceptors (Lipinski definition) is 4. The highest BCUT2D eigenvalue weighted by Gasteiger charge is 2.43. The largest absolute Gasteiger partial charge is 0.486 e. The molecular weight excluding hydrogens is 378 g/mol. The van der Waals surface area contributed by atoms with Crippen LogP contribution in [-0.4, -0.2) is 17.3 Å². The lowest BCUT2D eigenvalue weighted by molar-refractivity contribution is 0.0454. The van der Waals surface area contributed by atoms with Gasteiger partial charge in [-0.3, -0.25) is 9.59 Å². The van der Waals surface area contributed by atoms with Gasteiger partial charge in [0.15, 0.2) is 11.5 Å². The van der Waals surface area contributed by atoms with E-state index in [1.807, 2.05) is 50.2 Å². The molecule has 1 saturated carbocycles. The molecule has 1 aliphatic heterocycles. The summed E-state index contributed by atoms with van der Waals surface area (Å²) in [6.45, 7) is 3.77. The van der Waals surface area contributed by atoms with Gasteiger partial charge in [0.2, 0.25) is 0 Å². The number of ether oxygens (including phenoxy) is 1. The van der Waals surface area contributed by atoms with Crippen LogP contribution < -0.4 is 10.1 Å². The van der Waals surface area contributed by atoms with Crippen LogP contribution in [0.1, 0.15) is 77.1 Å². The number of rotatable bonds is 3. The molecule has 154 valence electrons. The third-order valence-corrected chi connectivity index (χ3v) is 6.51. The Labute approximate surface area is 175 Å². The summed E-state index contributed by atoms with van der Waals surface area (Å²) in [5.74, 6) is 0.659. The van der Waals surface area contributed by atoms with E-state index in [4.69, 9.17) is 9.15 Å². The molecule has 5 rings (SSSR count). The number of nitrogens with one attached hydrogen (secondary N) is 1. The molecule has 30 heavy (non-hydrogen) atoms. The molecule has 2 aliphatic rings. The minimum absolute atomic E-state index is 0.0808. The molecule has 0 unspecified atom stereocenters. The van der Waals surface area contributed by atoms with Crippen LogP contribution in [0.5, 0.6) is 5.75 Å². The normalized spacial score (nSPS) is 18.3. The number of carbonyl (C=O) groups excluding carboxylic acids is 2. The van der Waals surface area contributed by atoms with E-state index in [-0.39, 0.29) is 29.1 Å². The minimum Gasteiger partial charge on any atom is -0.486 e. The highest BCUT2D eigenvalue weighted by Crippen LogP contribution is 2.46. The summed E-state index contributed by atoms with van der Waals surface area (Å²) in [5, 5.41) is 3.69. The van der Waals surface area contributed by atoms with Crippen molar-refractivity contribution in [3.05, 3.63) is 64.9 Å². The third kappa shape index (κ3) is 3.00. The first-order valence-corrected chi connectivity index (χ1v) is 10.6. The van der Waals surface area contributed by atoms with Gasteiger partial charge >= 0.3 is 0 Å². The van der Waals surface area contributed by atoms with Crippen molar-refractivity contribution in [3.8, 4) is 5.75 Å². The van der Waals surface area contributed by atoms with E-state index in [1.165, 1.54) is 0 Å². The number of carbonyl (C=O) groups is 2. The van der Waals surface area contributed by atoms with Crippen molar-refractivity contribution in [1.29, 1.82) is 0 Å². The summed E-state index contributed by atoms with van der Waals surface area (Å²) in [4.78, 5) is 26.1. The third-order valence-electron chi connectivity index (χ3n) is 6.51. The van der Waals surface area contributed by atoms with Gasteiger partial charge in [-0.05, 0) is 57.2 Å². The molecule has 1 N–H and O–H groups in total. The molecule has 1 spiro atoms. The molecule has 3 aromatic rings. The lowest BCUT2D eigenvalue weighted by Crippen LogP contribution is -2.39. The second kappa shape index (κ2) is 7.01. The van der Waals surface area contributed by atoms with Crippen LogP contribution in [0.15, 0.2) is 46.9 Å². The van der Waals surface area contributed by atoms with Gasteiger partial charge in [-0.1, -0.05) is 30.3 Å². The fraction of sp³-hybridized carbons (Fsp3) is 0.360. The highest BCUT2D eigenvalue weighted by atomic mass is 16.5. The number of fused-ring (bicyclic) bond motifs is 3. The summed E-state index contributed by atoms with van der Waals surface area (Å²) in [7, 11) is 0. The summed E-state index contributed by atoms with van der Waals surface area (Å²) in [5.41, 5.74) is 2.45. The Morgan fingerprint density at radius 1 is 1.10 bits per heavy atom. The molecule has 1 aliphatic carbocycles. The van der Waals surface area contributed by atoms with Gasteiger partial charge in [0.25, 0.3) is 5.91 Å². The lowest BCUT2D eigenvalue weighted by Gasteiger charge is -2.34. The van der Waals surface area contributed by atoms with E-state index >= 15 is 0 Å². The van der Waals surface area contributed by atoms with Crippen molar-refractivity contribution in [2.45, 2.75) is 57.6 Å². The van der Waals surface area contributed by atoms with E-state index < -0.39 is 0 Å². The first-order valence-electron chi connectivity index (χ1n) is 10.6. The van der Waals surface area contributed by atoms with Crippen molar-refractivity contribution in [1.82, 2.24) is 5.32 Å². The van der Waals surface area contributed by atoms with Gasteiger partial charge < -0.3 is 14.5 Å². The first kappa shape index (κ1) is 18.9. The maximum atomic E-state index is 13.1. The van der Waals surface area contributed by atoms with Crippen LogP contribution in [0.25, 0.3) is 11.0 Å². The predicted octanol–water partition coefficient (Wildman–Crippen LogP) is 5.51. The molecule has 5 heteroatoms. The molecular formula is C25H25NO4. The molecule has 1 amide bonds. The van der Waals surface area contributed by atoms with Crippen molar-refractivity contribution in [3.63, 3.8) is 0 Å². The van der Waals surface area contributed by atoms with Crippen molar-refractivity contribution >= 4 is 22.7 Å². The maximum Gasteiger partial charge on any atom is 0.287 e. The average molecular weight is 403 g/mol. The summed E-state index contributed by atoms with van der Waals surface area (Å²) in [6, 6.07) is 13.2. The zero-order chi connectivity index (χ0) is 20.9. The first-order chi connectivity index (χ1) is 14.5. The summed E-state index contributed by atoms with van der Waals surface area (Å²) in [6.07, 6.45) is 4.44. The Balaban J connectivity index is 1.50. The van der Waals surface area contributed by atoms with E-state index in [0.717, 1.165) is 31.2 Å². The molecule has 2 heterocycles. The van der Waals surface area contributed by atoms with Crippen LogP contribution in [0, 0.1) is 6.92 Å². The maximum absolute atomic E-state index is 13.1. The Kier molecular flexibility index (Phi) is 4.42. The van der Waals surface area contributed by atoms with Crippen LogP contribution in [0.3, 0.4) is 0 Å². The molecule has 0 saturated heterocycles. The van der Waals surface area contributed by atoms with Gasteiger partial charge in [0.1, 0.15) is 16.9 Å². The van der Waals surface area contributed by atoms with Crippen LogP contribution in [0.4, 0.5) is 0 Å². The average Bonchev–Trinajstić information content (AvgIpc) is 3.32. The van der Waals surface area contributed by atoms with Crippen LogP contribution >= 0.6 is 0 Å². The Bertz CT molecular complexity index is 1140. The van der Waals surface area contributed by atoms with Crippen LogP contribution in [-0.2, 0) is 0 Å². The van der Waals surface area contributed by atoms with Crippen molar-refractivity contribution < 1.29 is 18.7 Å². The second-order valence-corrected chi connectivity index (χ2v) is 8.57. The monoisotopic (exact) mass is 403 g/mol. The standard InChI is InChI=1S/C25H25NO4/c1-15-21-19(29-23(15)24(28)26-16(2)17-8-4-3-5-9-17)10-11-20-22(21)18(27)14-25(30-20)12-6-7-13-25/h3-5,8-11,16H,6-7,12-14H2,1-2H3,(H,26,28)/t16-/m0/s1. The number of benzene rings is 2. The fourth-order valence-electron chi connectivity index (χ4n) is 4.94. The molecule has 2 aromatic carbocycles.